The summed E-state index contributed by atoms with van der Waals surface area (Å²) in [4.78, 5) is 12.9. The molecular weight excluding hydrogens is 240 g/mol. The molecule has 2 heteroatoms. The van der Waals surface area contributed by atoms with Crippen molar-refractivity contribution in [1.29, 1.82) is 0 Å². The van der Waals surface area contributed by atoms with Crippen LogP contribution in [-0.2, 0) is 10.2 Å². The van der Waals surface area contributed by atoms with Crippen LogP contribution in [0.1, 0.15) is 46.6 Å². The molecule has 18 heavy (non-hydrogen) atoms. The first-order valence-corrected chi connectivity index (χ1v) is 7.59. The van der Waals surface area contributed by atoms with Gasteiger partial charge in [-0.05, 0) is 29.5 Å². The molecule has 0 aliphatic heterocycles. The van der Waals surface area contributed by atoms with Gasteiger partial charge in [0, 0.05) is 10.8 Å². The van der Waals surface area contributed by atoms with E-state index in [0.717, 1.165) is 6.42 Å². The van der Waals surface area contributed by atoms with Crippen LogP contribution in [0.4, 0.5) is 0 Å². The Morgan fingerprint density at radius 1 is 1.22 bits per heavy atom. The van der Waals surface area contributed by atoms with Gasteiger partial charge in [0.15, 0.2) is 0 Å². The number of carbonyl (C=O) groups is 1. The summed E-state index contributed by atoms with van der Waals surface area (Å²) in [5.74, 6) is 1.12. The van der Waals surface area contributed by atoms with Gasteiger partial charge in [0.1, 0.15) is 5.78 Å². The van der Waals surface area contributed by atoms with E-state index in [-0.39, 0.29) is 11.3 Å². The van der Waals surface area contributed by atoms with Gasteiger partial charge in [-0.25, -0.2) is 0 Å². The van der Waals surface area contributed by atoms with Crippen molar-refractivity contribution < 1.29 is 4.79 Å². The fourth-order valence-corrected chi connectivity index (χ4v) is 2.50. The molecule has 0 amide bonds. The zero-order chi connectivity index (χ0) is 13.8. The predicted molar refractivity (Wildman–Crippen MR) is 80.3 cm³/mol. The van der Waals surface area contributed by atoms with E-state index in [0.29, 0.717) is 11.5 Å². The third-order valence-electron chi connectivity index (χ3n) is 3.26. The van der Waals surface area contributed by atoms with Crippen LogP contribution in [0.2, 0.25) is 0 Å². The van der Waals surface area contributed by atoms with Gasteiger partial charge in [-0.2, -0.15) is 0 Å². The Morgan fingerprint density at radius 2 is 1.78 bits per heavy atom. The lowest BCUT2D eigenvalue weighted by Crippen LogP contribution is -2.12. The third-order valence-corrected chi connectivity index (χ3v) is 4.30. The predicted octanol–water partition coefficient (Wildman–Crippen LogP) is 4.69. The first-order chi connectivity index (χ1) is 8.34. The maximum Gasteiger partial charge on any atom is 0.145 e. The highest BCUT2D eigenvalue weighted by molar-refractivity contribution is 8.00. The Labute approximate surface area is 115 Å². The molecule has 1 rings (SSSR count). The lowest BCUT2D eigenvalue weighted by molar-refractivity contribution is -0.119. The van der Waals surface area contributed by atoms with Crippen LogP contribution >= 0.6 is 11.8 Å². The lowest BCUT2D eigenvalue weighted by atomic mass is 9.87. The second-order valence-corrected chi connectivity index (χ2v) is 6.89. The van der Waals surface area contributed by atoms with Crippen LogP contribution < -0.4 is 0 Å². The van der Waals surface area contributed by atoms with E-state index >= 15 is 0 Å². The third kappa shape index (κ3) is 4.49. The van der Waals surface area contributed by atoms with Crippen LogP contribution in [0.25, 0.3) is 0 Å². The second-order valence-electron chi connectivity index (χ2n) is 5.84. The van der Waals surface area contributed by atoms with Gasteiger partial charge in [-0.1, -0.05) is 46.8 Å². The quantitative estimate of drug-likeness (QED) is 0.718. The fraction of sp³-hybridized carbons (Fsp3) is 0.562. The number of thioether (sulfide) groups is 1. The molecule has 0 radical (unpaired) electrons. The molecular formula is C16H24OS. The molecule has 0 saturated carbocycles. The summed E-state index contributed by atoms with van der Waals surface area (Å²) in [6.07, 6.45) is 0.933. The Balaban J connectivity index is 2.57. The average Bonchev–Trinajstić information content (AvgIpc) is 2.34. The first kappa shape index (κ1) is 15.3. The molecule has 0 aliphatic rings. The minimum atomic E-state index is 0.186. The SMILES string of the molecule is CCC(C)C(=O)CSc1ccc(C(C)(C)C)cc1. The van der Waals surface area contributed by atoms with E-state index in [1.54, 1.807) is 11.8 Å². The molecule has 0 N–H and O–H groups in total. The van der Waals surface area contributed by atoms with Crippen molar-refractivity contribution in [1.82, 2.24) is 0 Å². The van der Waals surface area contributed by atoms with E-state index in [4.69, 9.17) is 0 Å². The molecule has 1 unspecified atom stereocenters. The number of hydrogen-bond donors (Lipinski definition) is 0. The molecule has 0 fully saturated rings. The number of Topliss-reactive ketones (excluding diaryl/α,β-unsaturated/α-hetero) is 1. The van der Waals surface area contributed by atoms with Crippen molar-refractivity contribution in [3.8, 4) is 0 Å². The number of benzene rings is 1. The van der Waals surface area contributed by atoms with E-state index in [9.17, 15) is 4.79 Å². The molecule has 1 atom stereocenters. The number of rotatable bonds is 5. The summed E-state index contributed by atoms with van der Waals surface area (Å²) >= 11 is 1.64. The normalized spacial score (nSPS) is 13.4. The van der Waals surface area contributed by atoms with E-state index in [1.165, 1.54) is 10.5 Å². The molecule has 0 saturated heterocycles. The van der Waals surface area contributed by atoms with Gasteiger partial charge in [-0.3, -0.25) is 4.79 Å². The van der Waals surface area contributed by atoms with Crippen LogP contribution in [0.3, 0.4) is 0 Å². The molecule has 0 spiro atoms. The maximum absolute atomic E-state index is 11.8. The van der Waals surface area contributed by atoms with E-state index < -0.39 is 0 Å². The van der Waals surface area contributed by atoms with Crippen LogP contribution in [0.5, 0.6) is 0 Å². The van der Waals surface area contributed by atoms with Crippen LogP contribution in [-0.4, -0.2) is 11.5 Å². The fourth-order valence-electron chi connectivity index (χ4n) is 1.58. The maximum atomic E-state index is 11.8. The molecule has 0 aliphatic carbocycles. The smallest absolute Gasteiger partial charge is 0.145 e. The van der Waals surface area contributed by atoms with Crippen LogP contribution in [0, 0.1) is 5.92 Å². The average molecular weight is 264 g/mol. The number of hydrogen-bond acceptors (Lipinski definition) is 2. The molecule has 1 aromatic carbocycles. The van der Waals surface area contributed by atoms with Crippen LogP contribution in [0.15, 0.2) is 29.2 Å². The Hall–Kier alpha value is -0.760. The van der Waals surface area contributed by atoms with Gasteiger partial charge in [0.25, 0.3) is 0 Å². The van der Waals surface area contributed by atoms with Gasteiger partial charge >= 0.3 is 0 Å². The highest BCUT2D eigenvalue weighted by Crippen LogP contribution is 2.26. The number of carbonyl (C=O) groups excluding carboxylic acids is 1. The minimum Gasteiger partial charge on any atom is -0.298 e. The summed E-state index contributed by atoms with van der Waals surface area (Å²) in [5, 5.41) is 0. The number of ketones is 1. The Kier molecular flexibility index (Phi) is 5.46. The second kappa shape index (κ2) is 6.42. The summed E-state index contributed by atoms with van der Waals surface area (Å²) in [5.41, 5.74) is 1.52. The Morgan fingerprint density at radius 3 is 2.22 bits per heavy atom. The van der Waals surface area contributed by atoms with Gasteiger partial charge in [-0.15, -0.1) is 11.8 Å². The summed E-state index contributed by atoms with van der Waals surface area (Å²) in [6, 6.07) is 8.57. The monoisotopic (exact) mass is 264 g/mol. The minimum absolute atomic E-state index is 0.186. The largest absolute Gasteiger partial charge is 0.298 e. The molecule has 100 valence electrons. The van der Waals surface area contributed by atoms with Gasteiger partial charge in [0.05, 0.1) is 5.75 Å². The Bertz CT molecular complexity index is 387. The van der Waals surface area contributed by atoms with Crippen molar-refractivity contribution >= 4 is 17.5 Å². The lowest BCUT2D eigenvalue weighted by Gasteiger charge is -2.19. The molecule has 0 bridgehead atoms. The molecule has 1 nitrogen and oxygen atoms in total. The van der Waals surface area contributed by atoms with Crippen molar-refractivity contribution in [3.05, 3.63) is 29.8 Å². The van der Waals surface area contributed by atoms with Crippen molar-refractivity contribution in [2.75, 3.05) is 5.75 Å². The summed E-state index contributed by atoms with van der Waals surface area (Å²) in [7, 11) is 0. The van der Waals surface area contributed by atoms with Gasteiger partial charge < -0.3 is 0 Å². The van der Waals surface area contributed by atoms with Crippen molar-refractivity contribution in [2.24, 2.45) is 5.92 Å². The topological polar surface area (TPSA) is 17.1 Å². The summed E-state index contributed by atoms with van der Waals surface area (Å²) in [6.45, 7) is 10.7. The molecule has 0 heterocycles. The van der Waals surface area contributed by atoms with Crippen molar-refractivity contribution in [2.45, 2.75) is 51.3 Å². The molecule has 0 aromatic heterocycles. The highest BCUT2D eigenvalue weighted by atomic mass is 32.2. The zero-order valence-electron chi connectivity index (χ0n) is 12.1. The van der Waals surface area contributed by atoms with Crippen molar-refractivity contribution in [3.63, 3.8) is 0 Å². The molecule has 1 aromatic rings. The van der Waals surface area contributed by atoms with E-state index in [1.807, 2.05) is 6.92 Å². The van der Waals surface area contributed by atoms with Gasteiger partial charge in [0.2, 0.25) is 0 Å². The zero-order valence-corrected chi connectivity index (χ0v) is 12.9. The summed E-state index contributed by atoms with van der Waals surface area (Å²) < 4.78 is 0. The first-order valence-electron chi connectivity index (χ1n) is 6.60. The van der Waals surface area contributed by atoms with E-state index in [2.05, 4.69) is 52.0 Å². The standard InChI is InChI=1S/C16H24OS/c1-6-12(2)15(17)11-18-14-9-7-13(8-10-14)16(3,4)5/h7-10,12H,6,11H2,1-5H3. The highest BCUT2D eigenvalue weighted by Gasteiger charge is 2.14.